The van der Waals surface area contributed by atoms with Gasteiger partial charge in [-0.25, -0.2) is 8.42 Å². The molecule has 0 aliphatic rings. The van der Waals surface area contributed by atoms with Crippen LogP contribution in [-0.2, 0) is 14.8 Å². The van der Waals surface area contributed by atoms with Crippen molar-refractivity contribution in [3.8, 4) is 0 Å². The normalized spacial score (nSPS) is 10.8. The Kier molecular flexibility index (Phi) is 10.0. The van der Waals surface area contributed by atoms with Crippen LogP contribution >= 0.6 is 0 Å². The standard InChI is InChI=1S/C7H15NO3S.C3H8/c1-4-5-8(6-7(2)9)12(3,10)11;1-3-2/h4-6H2,1-3H3;3H2,1-2H3. The van der Waals surface area contributed by atoms with Crippen LogP contribution in [0.3, 0.4) is 0 Å². The van der Waals surface area contributed by atoms with Gasteiger partial charge in [0.15, 0.2) is 0 Å². The van der Waals surface area contributed by atoms with Gasteiger partial charge < -0.3 is 0 Å². The lowest BCUT2D eigenvalue weighted by Gasteiger charge is -2.16. The zero-order chi connectivity index (χ0) is 12.5. The van der Waals surface area contributed by atoms with Crippen molar-refractivity contribution in [1.29, 1.82) is 0 Å². The van der Waals surface area contributed by atoms with Crippen LogP contribution < -0.4 is 0 Å². The molecule has 5 heteroatoms. The van der Waals surface area contributed by atoms with Crippen LogP contribution in [-0.4, -0.2) is 37.9 Å². The van der Waals surface area contributed by atoms with E-state index < -0.39 is 10.0 Å². The lowest BCUT2D eigenvalue weighted by molar-refractivity contribution is -0.117. The van der Waals surface area contributed by atoms with E-state index in [-0.39, 0.29) is 12.3 Å². The molecule has 4 nitrogen and oxygen atoms in total. The monoisotopic (exact) mass is 237 g/mol. The largest absolute Gasteiger partial charge is 0.299 e. The van der Waals surface area contributed by atoms with E-state index in [4.69, 9.17) is 0 Å². The second kappa shape index (κ2) is 8.85. The van der Waals surface area contributed by atoms with Crippen molar-refractivity contribution >= 4 is 15.8 Å². The van der Waals surface area contributed by atoms with Crippen molar-refractivity contribution in [2.75, 3.05) is 19.3 Å². The maximum absolute atomic E-state index is 11.0. The van der Waals surface area contributed by atoms with E-state index in [0.717, 1.165) is 12.7 Å². The van der Waals surface area contributed by atoms with Crippen molar-refractivity contribution in [3.05, 3.63) is 0 Å². The van der Waals surface area contributed by atoms with Gasteiger partial charge in [-0.3, -0.25) is 4.79 Å². The highest BCUT2D eigenvalue weighted by Crippen LogP contribution is 1.98. The Morgan fingerprint density at radius 3 is 1.80 bits per heavy atom. The van der Waals surface area contributed by atoms with Gasteiger partial charge in [-0.1, -0.05) is 27.2 Å². The Bertz CT molecular complexity index is 260. The molecule has 0 rings (SSSR count). The van der Waals surface area contributed by atoms with Gasteiger partial charge in [0.05, 0.1) is 12.8 Å². The number of carbonyl (C=O) groups is 1. The SMILES string of the molecule is CCC.CCCN(CC(C)=O)S(C)(=O)=O. The fourth-order valence-corrected chi connectivity index (χ4v) is 1.79. The molecule has 0 aromatic rings. The Morgan fingerprint density at radius 2 is 1.60 bits per heavy atom. The zero-order valence-corrected chi connectivity index (χ0v) is 11.2. The highest BCUT2D eigenvalue weighted by molar-refractivity contribution is 7.88. The first kappa shape index (κ1) is 17.0. The second-order valence-electron chi connectivity index (χ2n) is 3.51. The van der Waals surface area contributed by atoms with Crippen molar-refractivity contribution in [2.45, 2.75) is 40.5 Å². The summed E-state index contributed by atoms with van der Waals surface area (Å²) >= 11 is 0. The van der Waals surface area contributed by atoms with Crippen molar-refractivity contribution in [3.63, 3.8) is 0 Å². The maximum Gasteiger partial charge on any atom is 0.211 e. The fourth-order valence-electron chi connectivity index (χ4n) is 0.860. The van der Waals surface area contributed by atoms with E-state index in [1.807, 2.05) is 6.92 Å². The van der Waals surface area contributed by atoms with E-state index in [1.54, 1.807) is 0 Å². The van der Waals surface area contributed by atoms with Crippen LogP contribution in [0, 0.1) is 0 Å². The molecule has 0 aromatic heterocycles. The summed E-state index contributed by atoms with van der Waals surface area (Å²) in [6.45, 7) is 7.91. The number of sulfonamides is 1. The number of Topliss-reactive ketones (excluding diaryl/α,β-unsaturated/α-hetero) is 1. The molecule has 0 aromatic carbocycles. The Labute approximate surface area is 93.7 Å². The predicted octanol–water partition coefficient (Wildman–Crippen LogP) is 1.66. The van der Waals surface area contributed by atoms with Gasteiger partial charge in [0.2, 0.25) is 10.0 Å². The molecular formula is C10H23NO3S. The number of nitrogens with zero attached hydrogens (tertiary/aromatic N) is 1. The highest BCUT2D eigenvalue weighted by atomic mass is 32.2. The minimum absolute atomic E-state index is 0.00727. The minimum Gasteiger partial charge on any atom is -0.299 e. The van der Waals surface area contributed by atoms with Gasteiger partial charge >= 0.3 is 0 Å². The Balaban J connectivity index is 0. The molecular weight excluding hydrogens is 214 g/mol. The summed E-state index contributed by atoms with van der Waals surface area (Å²) in [6.07, 6.45) is 3.09. The first-order valence-corrected chi connectivity index (χ1v) is 7.08. The molecule has 0 aliphatic heterocycles. The van der Waals surface area contributed by atoms with Crippen molar-refractivity contribution in [1.82, 2.24) is 4.31 Å². The molecule has 0 unspecified atom stereocenters. The summed E-state index contributed by atoms with van der Waals surface area (Å²) in [5.74, 6) is -0.131. The quantitative estimate of drug-likeness (QED) is 0.730. The van der Waals surface area contributed by atoms with Crippen LogP contribution in [0.15, 0.2) is 0 Å². The molecule has 0 saturated carbocycles. The number of hydrogen-bond acceptors (Lipinski definition) is 3. The third-order valence-electron chi connectivity index (χ3n) is 1.34. The van der Waals surface area contributed by atoms with Crippen LogP contribution in [0.4, 0.5) is 0 Å². The summed E-state index contributed by atoms with van der Waals surface area (Å²) in [6, 6.07) is 0. The second-order valence-corrected chi connectivity index (χ2v) is 5.49. The third kappa shape index (κ3) is 11.5. The molecule has 0 fully saturated rings. The van der Waals surface area contributed by atoms with Crippen molar-refractivity contribution < 1.29 is 13.2 Å². The van der Waals surface area contributed by atoms with Gasteiger partial charge in [0, 0.05) is 6.54 Å². The molecule has 0 heterocycles. The fraction of sp³-hybridized carbons (Fsp3) is 0.900. The highest BCUT2D eigenvalue weighted by Gasteiger charge is 2.16. The Hall–Kier alpha value is -0.420. The van der Waals surface area contributed by atoms with Gasteiger partial charge in [-0.05, 0) is 13.3 Å². The summed E-state index contributed by atoms with van der Waals surface area (Å²) < 4.78 is 23.3. The molecule has 0 atom stereocenters. The van der Waals surface area contributed by atoms with E-state index in [0.29, 0.717) is 6.54 Å². The zero-order valence-electron chi connectivity index (χ0n) is 10.4. The summed E-state index contributed by atoms with van der Waals surface area (Å²) in [4.78, 5) is 10.7. The molecule has 0 saturated heterocycles. The molecule has 0 bridgehead atoms. The van der Waals surface area contributed by atoms with Crippen LogP contribution in [0.2, 0.25) is 0 Å². The van der Waals surface area contributed by atoms with Gasteiger partial charge in [-0.15, -0.1) is 0 Å². The summed E-state index contributed by atoms with van der Waals surface area (Å²) in [5, 5.41) is 0. The summed E-state index contributed by atoms with van der Waals surface area (Å²) in [7, 11) is -3.21. The minimum atomic E-state index is -3.21. The van der Waals surface area contributed by atoms with Crippen LogP contribution in [0.1, 0.15) is 40.5 Å². The molecule has 0 N–H and O–H groups in total. The predicted molar refractivity (Wildman–Crippen MR) is 63.4 cm³/mol. The first-order valence-electron chi connectivity index (χ1n) is 5.24. The van der Waals surface area contributed by atoms with Gasteiger partial charge in [0.1, 0.15) is 5.78 Å². The van der Waals surface area contributed by atoms with Gasteiger partial charge in [-0.2, -0.15) is 4.31 Å². The smallest absolute Gasteiger partial charge is 0.211 e. The maximum atomic E-state index is 11.0. The Morgan fingerprint density at radius 1 is 1.20 bits per heavy atom. The molecule has 0 radical (unpaired) electrons. The lowest BCUT2D eigenvalue weighted by Crippen LogP contribution is -2.34. The number of hydrogen-bond donors (Lipinski definition) is 0. The van der Waals surface area contributed by atoms with Crippen LogP contribution in [0.5, 0.6) is 0 Å². The third-order valence-corrected chi connectivity index (χ3v) is 2.59. The molecule has 0 amide bonds. The van der Waals surface area contributed by atoms with E-state index >= 15 is 0 Å². The van der Waals surface area contributed by atoms with Gasteiger partial charge in [0.25, 0.3) is 0 Å². The van der Waals surface area contributed by atoms with E-state index in [2.05, 4.69) is 13.8 Å². The van der Waals surface area contributed by atoms with E-state index in [1.165, 1.54) is 17.6 Å². The number of ketones is 1. The number of rotatable bonds is 5. The van der Waals surface area contributed by atoms with E-state index in [9.17, 15) is 13.2 Å². The average molecular weight is 237 g/mol. The molecule has 15 heavy (non-hydrogen) atoms. The summed E-state index contributed by atoms with van der Waals surface area (Å²) in [5.41, 5.74) is 0. The van der Waals surface area contributed by atoms with Crippen molar-refractivity contribution in [2.24, 2.45) is 0 Å². The number of carbonyl (C=O) groups excluding carboxylic acids is 1. The molecule has 92 valence electrons. The first-order chi connectivity index (χ1) is 6.79. The molecule has 0 spiro atoms. The van der Waals surface area contributed by atoms with Crippen LogP contribution in [0.25, 0.3) is 0 Å². The average Bonchev–Trinajstić information content (AvgIpc) is 2.02. The molecule has 0 aliphatic carbocycles. The topological polar surface area (TPSA) is 54.5 Å². The lowest BCUT2D eigenvalue weighted by atomic mass is 10.4.